The second-order valence-electron chi connectivity index (χ2n) is 6.44. The first-order chi connectivity index (χ1) is 10.1. The van der Waals surface area contributed by atoms with Gasteiger partial charge in [0.25, 0.3) is 0 Å². The van der Waals surface area contributed by atoms with Crippen molar-refractivity contribution < 1.29 is 0 Å². The van der Waals surface area contributed by atoms with Gasteiger partial charge in [-0.3, -0.25) is 4.90 Å². The van der Waals surface area contributed by atoms with Gasteiger partial charge in [0.1, 0.15) is 0 Å². The Balaban J connectivity index is 1.88. The van der Waals surface area contributed by atoms with Crippen molar-refractivity contribution in [3.8, 4) is 0 Å². The van der Waals surface area contributed by atoms with E-state index < -0.39 is 0 Å². The molecule has 118 valence electrons. The van der Waals surface area contributed by atoms with E-state index in [2.05, 4.69) is 41.1 Å². The molecule has 21 heavy (non-hydrogen) atoms. The van der Waals surface area contributed by atoms with Gasteiger partial charge in [-0.15, -0.1) is 0 Å². The number of hydrogen-bond acceptors (Lipinski definition) is 3. The molecule has 1 fully saturated rings. The van der Waals surface area contributed by atoms with Gasteiger partial charge in [0.05, 0.1) is 0 Å². The van der Waals surface area contributed by atoms with Gasteiger partial charge in [-0.1, -0.05) is 31.5 Å². The maximum atomic E-state index is 6.09. The highest BCUT2D eigenvalue weighted by molar-refractivity contribution is 6.30. The Kier molecular flexibility index (Phi) is 5.91. The van der Waals surface area contributed by atoms with Gasteiger partial charge in [0.15, 0.2) is 0 Å². The maximum Gasteiger partial charge on any atom is 0.0426 e. The van der Waals surface area contributed by atoms with Gasteiger partial charge < -0.3 is 10.2 Å². The van der Waals surface area contributed by atoms with E-state index in [0.717, 1.165) is 37.7 Å². The summed E-state index contributed by atoms with van der Waals surface area (Å²) in [6.07, 6.45) is 1.21. The second kappa shape index (κ2) is 7.48. The minimum absolute atomic E-state index is 0.368. The maximum absolute atomic E-state index is 6.09. The second-order valence-corrected chi connectivity index (χ2v) is 6.87. The van der Waals surface area contributed by atoms with Gasteiger partial charge in [0.2, 0.25) is 0 Å². The molecule has 1 aromatic carbocycles. The van der Waals surface area contributed by atoms with Crippen LogP contribution in [0, 0.1) is 5.41 Å². The summed E-state index contributed by atoms with van der Waals surface area (Å²) in [5.74, 6) is 0. The number of anilines is 1. The van der Waals surface area contributed by atoms with Crippen LogP contribution in [0.25, 0.3) is 0 Å². The van der Waals surface area contributed by atoms with E-state index in [0.29, 0.717) is 5.41 Å². The number of benzene rings is 1. The molecule has 1 heterocycles. The van der Waals surface area contributed by atoms with Crippen LogP contribution < -0.4 is 10.2 Å². The van der Waals surface area contributed by atoms with Crippen molar-refractivity contribution in [1.29, 1.82) is 0 Å². The van der Waals surface area contributed by atoms with Crippen molar-refractivity contribution in [2.24, 2.45) is 5.41 Å². The Morgan fingerprint density at radius 3 is 2.52 bits per heavy atom. The summed E-state index contributed by atoms with van der Waals surface area (Å²) >= 11 is 6.09. The lowest BCUT2D eigenvalue weighted by molar-refractivity contribution is 0.150. The lowest BCUT2D eigenvalue weighted by atomic mass is 9.86. The number of nitrogens with zero attached hydrogens (tertiary/aromatic N) is 2. The van der Waals surface area contributed by atoms with Crippen molar-refractivity contribution >= 4 is 17.3 Å². The smallest absolute Gasteiger partial charge is 0.0426 e. The van der Waals surface area contributed by atoms with E-state index in [1.807, 2.05) is 19.2 Å². The normalized spacial score (nSPS) is 19.5. The molecule has 0 bridgehead atoms. The lowest BCUT2D eigenvalue weighted by Gasteiger charge is -2.40. The average molecular weight is 310 g/mol. The molecule has 4 heteroatoms. The summed E-state index contributed by atoms with van der Waals surface area (Å²) in [6.45, 7) is 11.4. The van der Waals surface area contributed by atoms with Crippen LogP contribution >= 0.6 is 11.6 Å². The Morgan fingerprint density at radius 1 is 1.24 bits per heavy atom. The van der Waals surface area contributed by atoms with Crippen LogP contribution in [0.1, 0.15) is 20.3 Å². The molecule has 0 aromatic heterocycles. The van der Waals surface area contributed by atoms with Crippen LogP contribution in [0.5, 0.6) is 0 Å². The summed E-state index contributed by atoms with van der Waals surface area (Å²) in [5, 5.41) is 4.16. The van der Waals surface area contributed by atoms with E-state index in [9.17, 15) is 0 Å². The van der Waals surface area contributed by atoms with Crippen LogP contribution in [0.2, 0.25) is 5.02 Å². The molecule has 1 aliphatic rings. The zero-order valence-electron chi connectivity index (χ0n) is 13.5. The summed E-state index contributed by atoms with van der Waals surface area (Å²) in [7, 11) is 2.05. The first kappa shape index (κ1) is 16.6. The fourth-order valence-electron chi connectivity index (χ4n) is 3.10. The summed E-state index contributed by atoms with van der Waals surface area (Å²) in [6, 6.07) is 8.18. The Labute approximate surface area is 134 Å². The number of hydrogen-bond donors (Lipinski definition) is 1. The van der Waals surface area contributed by atoms with Crippen LogP contribution in [0.15, 0.2) is 24.3 Å². The van der Waals surface area contributed by atoms with Crippen molar-refractivity contribution in [1.82, 2.24) is 10.2 Å². The molecule has 0 radical (unpaired) electrons. The Bertz CT molecular complexity index is 443. The molecule has 1 atom stereocenters. The first-order valence-corrected chi connectivity index (χ1v) is 8.31. The number of nitrogens with one attached hydrogen (secondary N) is 1. The summed E-state index contributed by atoms with van der Waals surface area (Å²) in [5.41, 5.74) is 1.61. The topological polar surface area (TPSA) is 18.5 Å². The van der Waals surface area contributed by atoms with E-state index in [1.54, 1.807) is 0 Å². The molecule has 1 aromatic rings. The molecule has 2 rings (SSSR count). The molecule has 0 aliphatic carbocycles. The molecule has 0 saturated carbocycles. The van der Waals surface area contributed by atoms with Gasteiger partial charge in [-0.05, 0) is 37.1 Å². The molecule has 1 saturated heterocycles. The van der Waals surface area contributed by atoms with Gasteiger partial charge >= 0.3 is 0 Å². The molecular weight excluding hydrogens is 282 g/mol. The fraction of sp³-hybridized carbons (Fsp3) is 0.647. The van der Waals surface area contributed by atoms with Gasteiger partial charge in [-0.25, -0.2) is 0 Å². The first-order valence-electron chi connectivity index (χ1n) is 7.94. The summed E-state index contributed by atoms with van der Waals surface area (Å²) < 4.78 is 0. The Morgan fingerprint density at radius 2 is 1.95 bits per heavy atom. The monoisotopic (exact) mass is 309 g/mol. The van der Waals surface area contributed by atoms with Crippen molar-refractivity contribution in [3.05, 3.63) is 29.3 Å². The standard InChI is InChI=1S/C17H28ClN3/c1-4-17(2,13-19-3)14-20-8-10-21(11-9-20)16-7-5-6-15(18)12-16/h5-7,12,19H,4,8-11,13-14H2,1-3H3. The highest BCUT2D eigenvalue weighted by Gasteiger charge is 2.26. The van der Waals surface area contributed by atoms with Gasteiger partial charge in [-0.2, -0.15) is 0 Å². The largest absolute Gasteiger partial charge is 0.369 e. The van der Waals surface area contributed by atoms with Crippen molar-refractivity contribution in [2.45, 2.75) is 20.3 Å². The SMILES string of the molecule is CCC(C)(CNC)CN1CCN(c2cccc(Cl)c2)CC1. The van der Waals surface area contributed by atoms with Crippen LogP contribution in [-0.2, 0) is 0 Å². The predicted molar refractivity (Wildman–Crippen MR) is 92.4 cm³/mol. The van der Waals surface area contributed by atoms with Crippen LogP contribution in [0.4, 0.5) is 5.69 Å². The fourth-order valence-corrected chi connectivity index (χ4v) is 3.28. The van der Waals surface area contributed by atoms with E-state index in [-0.39, 0.29) is 0 Å². The minimum Gasteiger partial charge on any atom is -0.369 e. The average Bonchev–Trinajstić information content (AvgIpc) is 2.48. The molecule has 0 spiro atoms. The summed E-state index contributed by atoms with van der Waals surface area (Å²) in [4.78, 5) is 5.03. The van der Waals surface area contributed by atoms with E-state index in [1.165, 1.54) is 18.7 Å². The lowest BCUT2D eigenvalue weighted by Crippen LogP contribution is -2.50. The van der Waals surface area contributed by atoms with E-state index in [4.69, 9.17) is 11.6 Å². The quantitative estimate of drug-likeness (QED) is 0.871. The molecule has 3 nitrogen and oxygen atoms in total. The molecule has 0 amide bonds. The third-order valence-electron chi connectivity index (χ3n) is 4.61. The van der Waals surface area contributed by atoms with Crippen molar-refractivity contribution in [2.75, 3.05) is 51.2 Å². The molecule has 1 N–H and O–H groups in total. The molecule has 1 aliphatic heterocycles. The van der Waals surface area contributed by atoms with Crippen LogP contribution in [0.3, 0.4) is 0 Å². The third-order valence-corrected chi connectivity index (χ3v) is 4.84. The zero-order chi connectivity index (χ0) is 15.3. The molecular formula is C17H28ClN3. The van der Waals surface area contributed by atoms with Crippen molar-refractivity contribution in [3.63, 3.8) is 0 Å². The minimum atomic E-state index is 0.368. The predicted octanol–water partition coefficient (Wildman–Crippen LogP) is 3.10. The number of piperazine rings is 1. The zero-order valence-corrected chi connectivity index (χ0v) is 14.3. The third kappa shape index (κ3) is 4.60. The molecule has 1 unspecified atom stereocenters. The van der Waals surface area contributed by atoms with Crippen LogP contribution in [-0.4, -0.2) is 51.2 Å². The van der Waals surface area contributed by atoms with E-state index >= 15 is 0 Å². The number of halogens is 1. The number of rotatable bonds is 6. The Hall–Kier alpha value is -0.770. The highest BCUT2D eigenvalue weighted by atomic mass is 35.5. The van der Waals surface area contributed by atoms with Gasteiger partial charge in [0, 0.05) is 50.0 Å². The highest BCUT2D eigenvalue weighted by Crippen LogP contribution is 2.24.